The highest BCUT2D eigenvalue weighted by atomic mass is 35.5. The van der Waals surface area contributed by atoms with Crippen LogP contribution in [0.2, 0.25) is 0 Å². The van der Waals surface area contributed by atoms with Crippen molar-refractivity contribution in [2.75, 3.05) is 0 Å². The molecule has 2 nitrogen and oxygen atoms in total. The molecular weight excluding hydrogens is 258 g/mol. The standard InChI is InChI=1S/C16H18ClNO/c1-16(2,3)14-6-4-5-7-15(14)19-13-8-12(9-17)10-18-11-13/h4-8,10-11H,9H2,1-3H3. The molecule has 0 N–H and O–H groups in total. The molecule has 19 heavy (non-hydrogen) atoms. The van der Waals surface area contributed by atoms with Gasteiger partial charge in [0.2, 0.25) is 0 Å². The van der Waals surface area contributed by atoms with Gasteiger partial charge in [0.05, 0.1) is 6.20 Å². The summed E-state index contributed by atoms with van der Waals surface area (Å²) in [5, 5.41) is 0. The van der Waals surface area contributed by atoms with Crippen LogP contribution in [0.4, 0.5) is 0 Å². The van der Waals surface area contributed by atoms with Crippen LogP contribution in [0.25, 0.3) is 0 Å². The summed E-state index contributed by atoms with van der Waals surface area (Å²) in [6.45, 7) is 6.51. The Morgan fingerprint density at radius 3 is 2.58 bits per heavy atom. The fourth-order valence-electron chi connectivity index (χ4n) is 1.89. The summed E-state index contributed by atoms with van der Waals surface area (Å²) in [5.74, 6) is 2.02. The first-order valence-corrected chi connectivity index (χ1v) is 6.81. The average Bonchev–Trinajstić information content (AvgIpc) is 2.38. The summed E-state index contributed by atoms with van der Waals surface area (Å²) in [4.78, 5) is 4.13. The third-order valence-corrected chi connectivity index (χ3v) is 3.16. The first-order chi connectivity index (χ1) is 9.00. The van der Waals surface area contributed by atoms with Crippen molar-refractivity contribution in [3.8, 4) is 11.5 Å². The normalized spacial score (nSPS) is 11.4. The van der Waals surface area contributed by atoms with E-state index in [0.29, 0.717) is 5.88 Å². The van der Waals surface area contributed by atoms with E-state index < -0.39 is 0 Å². The van der Waals surface area contributed by atoms with E-state index >= 15 is 0 Å². The summed E-state index contributed by atoms with van der Waals surface area (Å²) >= 11 is 5.81. The van der Waals surface area contributed by atoms with Crippen LogP contribution in [0.3, 0.4) is 0 Å². The predicted octanol–water partition coefficient (Wildman–Crippen LogP) is 4.91. The van der Waals surface area contributed by atoms with E-state index in [2.05, 4.69) is 31.8 Å². The van der Waals surface area contributed by atoms with E-state index in [1.165, 1.54) is 5.56 Å². The second-order valence-electron chi connectivity index (χ2n) is 5.51. The summed E-state index contributed by atoms with van der Waals surface area (Å²) in [5.41, 5.74) is 2.16. The van der Waals surface area contributed by atoms with Crippen LogP contribution < -0.4 is 4.74 Å². The van der Waals surface area contributed by atoms with Gasteiger partial charge in [-0.05, 0) is 23.1 Å². The van der Waals surface area contributed by atoms with Crippen LogP contribution in [0.15, 0.2) is 42.7 Å². The number of halogens is 1. The van der Waals surface area contributed by atoms with Crippen molar-refractivity contribution in [1.29, 1.82) is 0 Å². The lowest BCUT2D eigenvalue weighted by Crippen LogP contribution is -2.12. The highest BCUT2D eigenvalue weighted by Crippen LogP contribution is 2.33. The van der Waals surface area contributed by atoms with Crippen LogP contribution >= 0.6 is 11.6 Å². The Balaban J connectivity index is 2.33. The number of aromatic nitrogens is 1. The molecular formula is C16H18ClNO. The van der Waals surface area contributed by atoms with Gasteiger partial charge in [-0.3, -0.25) is 4.98 Å². The molecule has 2 rings (SSSR count). The van der Waals surface area contributed by atoms with Crippen LogP contribution in [0.1, 0.15) is 31.9 Å². The van der Waals surface area contributed by atoms with Gasteiger partial charge in [0.25, 0.3) is 0 Å². The van der Waals surface area contributed by atoms with Crippen molar-refractivity contribution in [3.63, 3.8) is 0 Å². The summed E-state index contributed by atoms with van der Waals surface area (Å²) in [6, 6.07) is 9.99. The Morgan fingerprint density at radius 2 is 1.89 bits per heavy atom. The molecule has 1 aromatic carbocycles. The molecule has 0 aliphatic carbocycles. The number of rotatable bonds is 3. The zero-order chi connectivity index (χ0) is 13.9. The highest BCUT2D eigenvalue weighted by molar-refractivity contribution is 6.17. The first-order valence-electron chi connectivity index (χ1n) is 6.28. The largest absolute Gasteiger partial charge is 0.455 e. The zero-order valence-electron chi connectivity index (χ0n) is 11.5. The molecule has 2 aromatic rings. The number of alkyl halides is 1. The molecule has 0 radical (unpaired) electrons. The maximum absolute atomic E-state index is 5.96. The third kappa shape index (κ3) is 3.48. The Kier molecular flexibility index (Phi) is 4.11. The fourth-order valence-corrected chi connectivity index (χ4v) is 2.04. The molecule has 0 aliphatic rings. The maximum Gasteiger partial charge on any atom is 0.146 e. The van der Waals surface area contributed by atoms with Crippen LogP contribution in [0, 0.1) is 0 Å². The Labute approximate surface area is 119 Å². The van der Waals surface area contributed by atoms with Crippen molar-refractivity contribution in [3.05, 3.63) is 53.9 Å². The molecule has 0 amide bonds. The lowest BCUT2D eigenvalue weighted by Gasteiger charge is -2.22. The quantitative estimate of drug-likeness (QED) is 0.743. The lowest BCUT2D eigenvalue weighted by atomic mass is 9.86. The highest BCUT2D eigenvalue weighted by Gasteiger charge is 2.18. The van der Waals surface area contributed by atoms with Gasteiger partial charge in [-0.15, -0.1) is 11.6 Å². The number of nitrogens with zero attached hydrogens (tertiary/aromatic N) is 1. The Hall–Kier alpha value is -1.54. The van der Waals surface area contributed by atoms with E-state index in [-0.39, 0.29) is 5.41 Å². The van der Waals surface area contributed by atoms with E-state index in [1.54, 1.807) is 12.4 Å². The molecule has 0 fully saturated rings. The Bertz CT molecular complexity index is 561. The summed E-state index contributed by atoms with van der Waals surface area (Å²) < 4.78 is 5.96. The van der Waals surface area contributed by atoms with Crippen molar-refractivity contribution < 1.29 is 4.74 Å². The molecule has 0 saturated heterocycles. The molecule has 0 spiro atoms. The minimum atomic E-state index is 0.0358. The Morgan fingerprint density at radius 1 is 1.16 bits per heavy atom. The van der Waals surface area contributed by atoms with Gasteiger partial charge in [0.15, 0.2) is 0 Å². The molecule has 0 aliphatic heterocycles. The molecule has 1 aromatic heterocycles. The summed E-state index contributed by atoms with van der Waals surface area (Å²) in [7, 11) is 0. The van der Waals surface area contributed by atoms with E-state index in [4.69, 9.17) is 16.3 Å². The van der Waals surface area contributed by atoms with Crippen molar-refractivity contribution in [1.82, 2.24) is 4.98 Å². The van der Waals surface area contributed by atoms with Gasteiger partial charge in [-0.25, -0.2) is 0 Å². The second-order valence-corrected chi connectivity index (χ2v) is 5.78. The van der Waals surface area contributed by atoms with Gasteiger partial charge >= 0.3 is 0 Å². The van der Waals surface area contributed by atoms with Gasteiger partial charge in [-0.1, -0.05) is 39.0 Å². The molecule has 3 heteroatoms. The number of para-hydroxylation sites is 1. The van der Waals surface area contributed by atoms with E-state index in [1.807, 2.05) is 24.3 Å². The minimum Gasteiger partial charge on any atom is -0.455 e. The van der Waals surface area contributed by atoms with Crippen molar-refractivity contribution in [2.24, 2.45) is 0 Å². The average molecular weight is 276 g/mol. The monoisotopic (exact) mass is 275 g/mol. The second kappa shape index (κ2) is 5.62. The summed E-state index contributed by atoms with van der Waals surface area (Å²) in [6.07, 6.45) is 3.45. The van der Waals surface area contributed by atoms with Gasteiger partial charge in [-0.2, -0.15) is 0 Å². The first kappa shape index (κ1) is 13.9. The molecule has 0 unspecified atom stereocenters. The number of ether oxygens (including phenoxy) is 1. The number of benzene rings is 1. The zero-order valence-corrected chi connectivity index (χ0v) is 12.2. The molecule has 0 atom stereocenters. The van der Waals surface area contributed by atoms with E-state index in [0.717, 1.165) is 17.1 Å². The van der Waals surface area contributed by atoms with Gasteiger partial charge in [0.1, 0.15) is 11.5 Å². The number of hydrogen-bond acceptors (Lipinski definition) is 2. The number of hydrogen-bond donors (Lipinski definition) is 0. The van der Waals surface area contributed by atoms with Crippen LogP contribution in [-0.4, -0.2) is 4.98 Å². The van der Waals surface area contributed by atoms with Crippen LogP contribution in [-0.2, 0) is 11.3 Å². The SMILES string of the molecule is CC(C)(C)c1ccccc1Oc1cncc(CCl)c1. The molecule has 0 bridgehead atoms. The molecule has 0 saturated carbocycles. The van der Waals surface area contributed by atoms with Gasteiger partial charge < -0.3 is 4.74 Å². The number of pyridine rings is 1. The van der Waals surface area contributed by atoms with Crippen LogP contribution in [0.5, 0.6) is 11.5 Å². The third-order valence-electron chi connectivity index (χ3n) is 2.85. The maximum atomic E-state index is 5.96. The van der Waals surface area contributed by atoms with Gasteiger partial charge in [0, 0.05) is 17.6 Å². The fraction of sp³-hybridized carbons (Fsp3) is 0.312. The van der Waals surface area contributed by atoms with Crippen molar-refractivity contribution >= 4 is 11.6 Å². The lowest BCUT2D eigenvalue weighted by molar-refractivity contribution is 0.453. The molecule has 1 heterocycles. The van der Waals surface area contributed by atoms with E-state index in [9.17, 15) is 0 Å². The van der Waals surface area contributed by atoms with Crippen molar-refractivity contribution in [2.45, 2.75) is 32.1 Å². The molecule has 100 valence electrons. The predicted molar refractivity (Wildman–Crippen MR) is 79.0 cm³/mol. The smallest absolute Gasteiger partial charge is 0.146 e. The minimum absolute atomic E-state index is 0.0358. The topological polar surface area (TPSA) is 22.1 Å².